The van der Waals surface area contributed by atoms with E-state index in [4.69, 9.17) is 5.73 Å². The van der Waals surface area contributed by atoms with Crippen LogP contribution in [0.25, 0.3) is 11.3 Å². The molecule has 0 unspecified atom stereocenters. The van der Waals surface area contributed by atoms with Crippen LogP contribution in [0.4, 0.5) is 5.82 Å². The van der Waals surface area contributed by atoms with E-state index in [1.54, 1.807) is 6.20 Å². The minimum absolute atomic E-state index is 0.532. The highest BCUT2D eigenvalue weighted by atomic mass is 15.2. The number of aryl methyl sites for hydroxylation is 1. The number of hydrogen-bond acceptors (Lipinski definition) is 3. The number of unbranched alkanes of at least 4 members (excludes halogenated alkanes) is 1. The number of H-pyrrole nitrogens is 1. The fraction of sp³-hybridized carbons (Fsp3) is 0.333. The lowest BCUT2D eigenvalue weighted by atomic mass is 10.1. The Bertz CT molecular complexity index is 447. The summed E-state index contributed by atoms with van der Waals surface area (Å²) in [6, 6.07) is 5.81. The van der Waals surface area contributed by atoms with Crippen molar-refractivity contribution in [2.45, 2.75) is 26.2 Å². The molecule has 2 rings (SSSR count). The number of pyridine rings is 1. The lowest BCUT2D eigenvalue weighted by Crippen LogP contribution is -1.93. The topological polar surface area (TPSA) is 67.6 Å². The van der Waals surface area contributed by atoms with E-state index >= 15 is 0 Å². The van der Waals surface area contributed by atoms with Crippen LogP contribution in [0.5, 0.6) is 0 Å². The van der Waals surface area contributed by atoms with E-state index in [-0.39, 0.29) is 0 Å². The maximum absolute atomic E-state index is 5.86. The van der Waals surface area contributed by atoms with Gasteiger partial charge in [0.2, 0.25) is 0 Å². The van der Waals surface area contributed by atoms with E-state index < -0.39 is 0 Å². The summed E-state index contributed by atoms with van der Waals surface area (Å²) in [5, 5.41) is 7.05. The van der Waals surface area contributed by atoms with Crippen molar-refractivity contribution in [2.24, 2.45) is 0 Å². The van der Waals surface area contributed by atoms with Crippen molar-refractivity contribution < 1.29 is 0 Å². The summed E-state index contributed by atoms with van der Waals surface area (Å²) in [6.07, 6.45) is 5.01. The average molecular weight is 216 g/mol. The highest BCUT2D eigenvalue weighted by Crippen LogP contribution is 2.26. The Morgan fingerprint density at radius 3 is 2.94 bits per heavy atom. The second-order valence-corrected chi connectivity index (χ2v) is 3.78. The molecule has 2 aromatic heterocycles. The van der Waals surface area contributed by atoms with Crippen LogP contribution in [0.3, 0.4) is 0 Å². The van der Waals surface area contributed by atoms with E-state index in [1.807, 2.05) is 18.2 Å². The summed E-state index contributed by atoms with van der Waals surface area (Å²) in [5.41, 5.74) is 8.79. The summed E-state index contributed by atoms with van der Waals surface area (Å²) in [5.74, 6) is 0.532. The van der Waals surface area contributed by atoms with Crippen molar-refractivity contribution in [3.63, 3.8) is 0 Å². The van der Waals surface area contributed by atoms with Crippen LogP contribution < -0.4 is 5.73 Å². The average Bonchev–Trinajstić information content (AvgIpc) is 2.69. The van der Waals surface area contributed by atoms with Gasteiger partial charge < -0.3 is 5.73 Å². The molecule has 0 radical (unpaired) electrons. The Kier molecular flexibility index (Phi) is 3.19. The molecule has 2 aromatic rings. The molecule has 4 nitrogen and oxygen atoms in total. The van der Waals surface area contributed by atoms with Crippen molar-refractivity contribution in [3.05, 3.63) is 30.1 Å². The maximum atomic E-state index is 5.86. The number of nitrogen functional groups attached to an aromatic ring is 1. The smallest absolute Gasteiger partial charge is 0.154 e. The molecule has 0 amide bonds. The van der Waals surface area contributed by atoms with Gasteiger partial charge in [0.15, 0.2) is 5.82 Å². The predicted octanol–water partition coefficient (Wildman–Crippen LogP) is 2.40. The van der Waals surface area contributed by atoms with Gasteiger partial charge in [0.25, 0.3) is 0 Å². The minimum atomic E-state index is 0.532. The van der Waals surface area contributed by atoms with Crippen molar-refractivity contribution >= 4 is 5.82 Å². The number of nitrogens with one attached hydrogen (secondary N) is 1. The van der Waals surface area contributed by atoms with Crippen LogP contribution in [0.15, 0.2) is 24.4 Å². The second-order valence-electron chi connectivity index (χ2n) is 3.78. The van der Waals surface area contributed by atoms with Crippen molar-refractivity contribution in [2.75, 3.05) is 5.73 Å². The Morgan fingerprint density at radius 1 is 1.38 bits per heavy atom. The molecule has 4 heteroatoms. The fourth-order valence-electron chi connectivity index (χ4n) is 1.73. The first-order valence-electron chi connectivity index (χ1n) is 5.57. The van der Waals surface area contributed by atoms with Gasteiger partial charge in [0.05, 0.1) is 11.3 Å². The van der Waals surface area contributed by atoms with E-state index in [0.717, 1.165) is 36.2 Å². The third kappa shape index (κ3) is 2.05. The first kappa shape index (κ1) is 10.7. The van der Waals surface area contributed by atoms with Crippen LogP contribution in [-0.2, 0) is 6.42 Å². The van der Waals surface area contributed by atoms with E-state index in [9.17, 15) is 0 Å². The number of hydrogen-bond donors (Lipinski definition) is 2. The van der Waals surface area contributed by atoms with Crippen LogP contribution in [-0.4, -0.2) is 15.2 Å². The number of nitrogens with zero attached hydrogens (tertiary/aromatic N) is 2. The number of anilines is 1. The summed E-state index contributed by atoms with van der Waals surface area (Å²) in [7, 11) is 0. The normalized spacial score (nSPS) is 10.6. The molecule has 3 N–H and O–H groups in total. The SMILES string of the molecule is CCCCc1[nH]nc(N)c1-c1ccccn1. The van der Waals surface area contributed by atoms with Gasteiger partial charge in [-0.2, -0.15) is 5.10 Å². The number of rotatable bonds is 4. The zero-order valence-corrected chi connectivity index (χ0v) is 9.40. The lowest BCUT2D eigenvalue weighted by Gasteiger charge is -2.02. The minimum Gasteiger partial charge on any atom is -0.382 e. The van der Waals surface area contributed by atoms with Gasteiger partial charge in [-0.1, -0.05) is 19.4 Å². The van der Waals surface area contributed by atoms with Gasteiger partial charge in [0.1, 0.15) is 0 Å². The second kappa shape index (κ2) is 4.79. The molecule has 2 heterocycles. The van der Waals surface area contributed by atoms with Crippen LogP contribution in [0.2, 0.25) is 0 Å². The summed E-state index contributed by atoms with van der Waals surface area (Å²) in [6.45, 7) is 2.17. The Morgan fingerprint density at radius 2 is 2.25 bits per heavy atom. The zero-order valence-electron chi connectivity index (χ0n) is 9.40. The quantitative estimate of drug-likeness (QED) is 0.824. The summed E-state index contributed by atoms with van der Waals surface area (Å²) in [4.78, 5) is 4.31. The van der Waals surface area contributed by atoms with Gasteiger partial charge in [0, 0.05) is 11.9 Å². The first-order valence-corrected chi connectivity index (χ1v) is 5.57. The van der Waals surface area contributed by atoms with E-state index in [0.29, 0.717) is 5.82 Å². The molecule has 0 aliphatic heterocycles. The predicted molar refractivity (Wildman–Crippen MR) is 64.8 cm³/mol. The standard InChI is InChI=1S/C12H16N4/c1-2-3-6-10-11(12(13)16-15-10)9-7-4-5-8-14-9/h4-5,7-8H,2-3,6H2,1H3,(H3,13,15,16). The van der Waals surface area contributed by atoms with Crippen molar-refractivity contribution in [1.82, 2.24) is 15.2 Å². The molecule has 0 aliphatic carbocycles. The molecule has 0 aliphatic rings. The van der Waals surface area contributed by atoms with Gasteiger partial charge in [-0.15, -0.1) is 0 Å². The summed E-state index contributed by atoms with van der Waals surface area (Å²) >= 11 is 0. The molecular formula is C12H16N4. The molecule has 16 heavy (non-hydrogen) atoms. The highest BCUT2D eigenvalue weighted by molar-refractivity contribution is 5.73. The van der Waals surface area contributed by atoms with Crippen LogP contribution in [0.1, 0.15) is 25.5 Å². The molecular weight excluding hydrogens is 200 g/mol. The van der Waals surface area contributed by atoms with Gasteiger partial charge in [-0.05, 0) is 25.0 Å². The maximum Gasteiger partial charge on any atom is 0.154 e. The van der Waals surface area contributed by atoms with Crippen molar-refractivity contribution in [1.29, 1.82) is 0 Å². The number of nitrogens with two attached hydrogens (primary N) is 1. The third-order valence-corrected chi connectivity index (χ3v) is 2.57. The van der Waals surface area contributed by atoms with Gasteiger partial charge >= 0.3 is 0 Å². The molecule has 0 saturated carbocycles. The molecule has 0 spiro atoms. The third-order valence-electron chi connectivity index (χ3n) is 2.57. The molecule has 84 valence electrons. The van der Waals surface area contributed by atoms with Crippen LogP contribution in [0, 0.1) is 0 Å². The Balaban J connectivity index is 2.35. The van der Waals surface area contributed by atoms with E-state index in [2.05, 4.69) is 22.1 Å². The fourth-order valence-corrected chi connectivity index (χ4v) is 1.73. The lowest BCUT2D eigenvalue weighted by molar-refractivity contribution is 0.772. The number of aromatic nitrogens is 3. The molecule has 0 bridgehead atoms. The Hall–Kier alpha value is -1.84. The zero-order chi connectivity index (χ0) is 11.4. The van der Waals surface area contributed by atoms with Crippen molar-refractivity contribution in [3.8, 4) is 11.3 Å². The molecule has 0 aromatic carbocycles. The van der Waals surface area contributed by atoms with Crippen LogP contribution >= 0.6 is 0 Å². The molecule has 0 atom stereocenters. The van der Waals surface area contributed by atoms with E-state index in [1.165, 1.54) is 0 Å². The Labute approximate surface area is 94.9 Å². The van der Waals surface area contributed by atoms with Gasteiger partial charge in [-0.3, -0.25) is 10.1 Å². The highest BCUT2D eigenvalue weighted by Gasteiger charge is 2.12. The molecule has 0 saturated heterocycles. The largest absolute Gasteiger partial charge is 0.382 e. The first-order chi connectivity index (χ1) is 7.83. The van der Waals surface area contributed by atoms with Gasteiger partial charge in [-0.25, -0.2) is 0 Å². The monoisotopic (exact) mass is 216 g/mol. The summed E-state index contributed by atoms with van der Waals surface area (Å²) < 4.78 is 0. The molecule has 0 fully saturated rings. The number of aromatic amines is 1.